The Bertz CT molecular complexity index is 553. The van der Waals surface area contributed by atoms with Crippen molar-refractivity contribution in [2.45, 2.75) is 0 Å². The molecule has 4 nitrogen and oxygen atoms in total. The molecule has 0 unspecified atom stereocenters. The van der Waals surface area contributed by atoms with E-state index in [-0.39, 0.29) is 12.5 Å². The third kappa shape index (κ3) is 4.73. The van der Waals surface area contributed by atoms with Gasteiger partial charge < -0.3 is 4.74 Å². The van der Waals surface area contributed by atoms with Crippen LogP contribution in [0, 0.1) is 0 Å². The van der Waals surface area contributed by atoms with Gasteiger partial charge in [-0.25, -0.2) is 5.43 Å². The fourth-order valence-corrected chi connectivity index (χ4v) is 1.96. The minimum Gasteiger partial charge on any atom is -0.484 e. The molecule has 0 spiro atoms. The van der Waals surface area contributed by atoms with Gasteiger partial charge in [0.25, 0.3) is 5.91 Å². The molecule has 0 radical (unpaired) electrons. The largest absolute Gasteiger partial charge is 0.484 e. The van der Waals surface area contributed by atoms with Gasteiger partial charge in [0.2, 0.25) is 0 Å². The second kappa shape index (κ2) is 6.92. The van der Waals surface area contributed by atoms with Gasteiger partial charge in [-0.1, -0.05) is 17.7 Å². The summed E-state index contributed by atoms with van der Waals surface area (Å²) in [5, 5.41) is 6.38. The van der Waals surface area contributed by atoms with Crippen LogP contribution >= 0.6 is 22.9 Å². The minimum absolute atomic E-state index is 0.0938. The number of carbonyl (C=O) groups excluding carboxylic acids is 1. The molecule has 0 aliphatic rings. The fourth-order valence-electron chi connectivity index (χ4n) is 1.24. The maximum atomic E-state index is 11.4. The number of hydrazone groups is 1. The summed E-state index contributed by atoms with van der Waals surface area (Å²) < 4.78 is 5.27. The summed E-state index contributed by atoms with van der Waals surface area (Å²) in [6.45, 7) is -0.0938. The molecule has 1 N–H and O–H groups in total. The highest BCUT2D eigenvalue weighted by Crippen LogP contribution is 2.15. The van der Waals surface area contributed by atoms with Crippen molar-refractivity contribution in [2.24, 2.45) is 5.10 Å². The third-order valence-corrected chi connectivity index (χ3v) is 3.17. The zero-order chi connectivity index (χ0) is 13.5. The number of halogens is 1. The molecular weight excluding hydrogens is 284 g/mol. The Morgan fingerprint density at radius 1 is 1.37 bits per heavy atom. The van der Waals surface area contributed by atoms with Crippen LogP contribution in [0.1, 0.15) is 4.88 Å². The van der Waals surface area contributed by atoms with Crippen molar-refractivity contribution in [3.8, 4) is 5.75 Å². The minimum atomic E-state index is -0.317. The number of benzene rings is 1. The molecule has 2 aromatic rings. The normalized spacial score (nSPS) is 10.6. The van der Waals surface area contributed by atoms with Crippen LogP contribution in [0.25, 0.3) is 0 Å². The van der Waals surface area contributed by atoms with Crippen molar-refractivity contribution in [2.75, 3.05) is 6.61 Å². The lowest BCUT2D eigenvalue weighted by Crippen LogP contribution is -2.24. The summed E-state index contributed by atoms with van der Waals surface area (Å²) in [6.07, 6.45) is 1.59. The van der Waals surface area contributed by atoms with E-state index in [1.165, 1.54) is 0 Å². The quantitative estimate of drug-likeness (QED) is 0.681. The molecule has 0 saturated carbocycles. The summed E-state index contributed by atoms with van der Waals surface area (Å²) >= 11 is 7.28. The van der Waals surface area contributed by atoms with E-state index in [2.05, 4.69) is 10.5 Å². The Labute approximate surface area is 119 Å². The molecule has 1 amide bonds. The summed E-state index contributed by atoms with van der Waals surface area (Å²) in [5.74, 6) is 0.268. The molecule has 1 aromatic carbocycles. The molecular formula is C13H11ClN2O2S. The van der Waals surface area contributed by atoms with Crippen LogP contribution in [0.5, 0.6) is 5.75 Å². The van der Waals surface area contributed by atoms with Gasteiger partial charge >= 0.3 is 0 Å². The molecule has 19 heavy (non-hydrogen) atoms. The summed E-state index contributed by atoms with van der Waals surface area (Å²) in [4.78, 5) is 12.4. The van der Waals surface area contributed by atoms with E-state index in [0.717, 1.165) is 4.88 Å². The van der Waals surface area contributed by atoms with Crippen LogP contribution in [0.3, 0.4) is 0 Å². The van der Waals surface area contributed by atoms with Gasteiger partial charge in [0.1, 0.15) is 5.75 Å². The van der Waals surface area contributed by atoms with E-state index in [4.69, 9.17) is 16.3 Å². The lowest BCUT2D eigenvalue weighted by Gasteiger charge is -2.04. The van der Waals surface area contributed by atoms with Crippen molar-refractivity contribution >= 4 is 35.1 Å². The second-order valence-electron chi connectivity index (χ2n) is 3.55. The molecule has 0 aliphatic carbocycles. The van der Waals surface area contributed by atoms with Crippen molar-refractivity contribution in [1.29, 1.82) is 0 Å². The zero-order valence-electron chi connectivity index (χ0n) is 9.88. The smallest absolute Gasteiger partial charge is 0.277 e. The average Bonchev–Trinajstić information content (AvgIpc) is 2.91. The first-order chi connectivity index (χ1) is 9.24. The molecule has 0 aliphatic heterocycles. The predicted octanol–water partition coefficient (Wildman–Crippen LogP) is 2.93. The average molecular weight is 295 g/mol. The van der Waals surface area contributed by atoms with Gasteiger partial charge in [0.15, 0.2) is 6.61 Å². The van der Waals surface area contributed by atoms with Crippen LogP contribution in [0.15, 0.2) is 46.9 Å². The molecule has 0 saturated heterocycles. The van der Waals surface area contributed by atoms with Gasteiger partial charge in [-0.15, -0.1) is 11.3 Å². The Hall–Kier alpha value is -1.85. The van der Waals surface area contributed by atoms with E-state index in [1.807, 2.05) is 17.5 Å². The molecule has 0 atom stereocenters. The number of nitrogens with zero attached hydrogens (tertiary/aromatic N) is 1. The van der Waals surface area contributed by atoms with E-state index in [9.17, 15) is 4.79 Å². The number of nitrogens with one attached hydrogen (secondary N) is 1. The monoisotopic (exact) mass is 294 g/mol. The van der Waals surface area contributed by atoms with Crippen molar-refractivity contribution in [1.82, 2.24) is 5.43 Å². The molecule has 0 fully saturated rings. The van der Waals surface area contributed by atoms with E-state index < -0.39 is 0 Å². The Kier molecular flexibility index (Phi) is 4.94. The summed E-state index contributed by atoms with van der Waals surface area (Å²) in [6, 6.07) is 10.6. The highest BCUT2D eigenvalue weighted by molar-refractivity contribution is 7.11. The topological polar surface area (TPSA) is 50.7 Å². The maximum absolute atomic E-state index is 11.4. The first kappa shape index (κ1) is 13.6. The molecule has 2 rings (SSSR count). The zero-order valence-corrected chi connectivity index (χ0v) is 11.4. The molecule has 0 bridgehead atoms. The van der Waals surface area contributed by atoms with Crippen LogP contribution in [-0.4, -0.2) is 18.7 Å². The Morgan fingerprint density at radius 3 is 2.84 bits per heavy atom. The molecule has 1 aromatic heterocycles. The van der Waals surface area contributed by atoms with Gasteiger partial charge in [-0.3, -0.25) is 4.79 Å². The third-order valence-electron chi connectivity index (χ3n) is 2.11. The van der Waals surface area contributed by atoms with Crippen LogP contribution in [-0.2, 0) is 4.79 Å². The van der Waals surface area contributed by atoms with E-state index in [1.54, 1.807) is 41.8 Å². The number of amides is 1. The first-order valence-corrected chi connectivity index (χ1v) is 6.73. The van der Waals surface area contributed by atoms with Crippen molar-refractivity contribution < 1.29 is 9.53 Å². The summed E-state index contributed by atoms with van der Waals surface area (Å²) in [5.41, 5.74) is 2.39. The first-order valence-electron chi connectivity index (χ1n) is 5.48. The van der Waals surface area contributed by atoms with Gasteiger partial charge in [-0.05, 0) is 35.7 Å². The highest BCUT2D eigenvalue weighted by atomic mass is 35.5. The summed E-state index contributed by atoms with van der Waals surface area (Å²) in [7, 11) is 0. The second-order valence-corrected chi connectivity index (χ2v) is 4.97. The van der Waals surface area contributed by atoms with Crippen LogP contribution in [0.2, 0.25) is 5.02 Å². The number of hydrogen-bond acceptors (Lipinski definition) is 4. The number of ether oxygens (including phenoxy) is 1. The molecule has 6 heteroatoms. The van der Waals surface area contributed by atoms with Crippen LogP contribution in [0.4, 0.5) is 0 Å². The van der Waals surface area contributed by atoms with E-state index in [0.29, 0.717) is 10.8 Å². The van der Waals surface area contributed by atoms with Crippen LogP contribution < -0.4 is 10.2 Å². The van der Waals surface area contributed by atoms with Gasteiger partial charge in [0, 0.05) is 9.90 Å². The van der Waals surface area contributed by atoms with Crippen molar-refractivity contribution in [3.05, 3.63) is 51.7 Å². The number of rotatable bonds is 5. The predicted molar refractivity (Wildman–Crippen MR) is 77.0 cm³/mol. The number of hydrogen-bond donors (Lipinski definition) is 1. The van der Waals surface area contributed by atoms with Gasteiger partial charge in [-0.2, -0.15) is 5.10 Å². The molecule has 1 heterocycles. The standard InChI is InChI=1S/C13H11ClN2O2S/c14-10-3-5-11(6-4-10)18-9-13(17)16-15-8-12-2-1-7-19-12/h1-8H,9H2,(H,16,17)/b15-8-. The van der Waals surface area contributed by atoms with E-state index >= 15 is 0 Å². The van der Waals surface area contributed by atoms with Gasteiger partial charge in [0.05, 0.1) is 6.21 Å². The lowest BCUT2D eigenvalue weighted by molar-refractivity contribution is -0.123. The molecule has 98 valence electrons. The number of thiophene rings is 1. The Morgan fingerprint density at radius 2 is 2.16 bits per heavy atom. The fraction of sp³-hybridized carbons (Fsp3) is 0.0769. The van der Waals surface area contributed by atoms with Crippen molar-refractivity contribution in [3.63, 3.8) is 0 Å². The highest BCUT2D eigenvalue weighted by Gasteiger charge is 2.01. The maximum Gasteiger partial charge on any atom is 0.277 e. The number of carbonyl (C=O) groups is 1. The lowest BCUT2D eigenvalue weighted by atomic mass is 10.3. The Balaban J connectivity index is 1.74. The SMILES string of the molecule is O=C(COc1ccc(Cl)cc1)N/N=C\c1cccs1.